The molecule has 27 heavy (non-hydrogen) atoms. The summed E-state index contributed by atoms with van der Waals surface area (Å²) in [5, 5.41) is 5.48. The van der Waals surface area contributed by atoms with E-state index in [-0.39, 0.29) is 0 Å². The summed E-state index contributed by atoms with van der Waals surface area (Å²) in [6.45, 7) is 10.0. The number of benzene rings is 1. The molecule has 0 radical (unpaired) electrons. The fourth-order valence-corrected chi connectivity index (χ4v) is 3.83. The van der Waals surface area contributed by atoms with Gasteiger partial charge in [0.2, 0.25) is 0 Å². The van der Waals surface area contributed by atoms with E-state index in [0.29, 0.717) is 5.78 Å². The molecular weight excluding hydrogens is 360 g/mol. The summed E-state index contributed by atoms with van der Waals surface area (Å²) in [4.78, 5) is 13.9. The van der Waals surface area contributed by atoms with Gasteiger partial charge >= 0.3 is 0 Å². The van der Waals surface area contributed by atoms with Gasteiger partial charge in [-0.2, -0.15) is 9.50 Å². The van der Waals surface area contributed by atoms with Crippen LogP contribution in [-0.4, -0.2) is 45.8 Å². The van der Waals surface area contributed by atoms with Crippen LogP contribution in [0.3, 0.4) is 0 Å². The Hall–Kier alpha value is -2.34. The van der Waals surface area contributed by atoms with Gasteiger partial charge in [-0.1, -0.05) is 24.6 Å². The lowest BCUT2D eigenvalue weighted by atomic mass is 10.1. The van der Waals surface area contributed by atoms with Crippen molar-refractivity contribution in [3.8, 4) is 0 Å². The lowest BCUT2D eigenvalue weighted by Crippen LogP contribution is -2.47. The second kappa shape index (κ2) is 7.35. The van der Waals surface area contributed by atoms with Gasteiger partial charge in [0.05, 0.1) is 0 Å². The van der Waals surface area contributed by atoms with Crippen LogP contribution in [0, 0.1) is 13.8 Å². The van der Waals surface area contributed by atoms with E-state index in [4.69, 9.17) is 16.7 Å². The SMILES string of the molecule is CCCc1nc2nc(C)cc(N3CCN(c4cc(Cl)ccc4C)CC3)n2n1. The Morgan fingerprint density at radius 1 is 1.00 bits per heavy atom. The van der Waals surface area contributed by atoms with Gasteiger partial charge in [-0.15, -0.1) is 5.10 Å². The van der Waals surface area contributed by atoms with Crippen molar-refractivity contribution < 1.29 is 0 Å². The molecule has 2 aromatic heterocycles. The fourth-order valence-electron chi connectivity index (χ4n) is 3.66. The highest BCUT2D eigenvalue weighted by Gasteiger charge is 2.22. The van der Waals surface area contributed by atoms with Gasteiger partial charge in [-0.05, 0) is 38.0 Å². The number of fused-ring (bicyclic) bond motifs is 1. The molecule has 142 valence electrons. The number of piperazine rings is 1. The van der Waals surface area contributed by atoms with E-state index < -0.39 is 0 Å². The molecule has 1 aliphatic heterocycles. The van der Waals surface area contributed by atoms with Crippen LogP contribution in [-0.2, 0) is 6.42 Å². The van der Waals surface area contributed by atoms with Crippen LogP contribution in [0.1, 0.15) is 30.4 Å². The van der Waals surface area contributed by atoms with Gasteiger partial charge in [0.1, 0.15) is 5.82 Å². The second-order valence-corrected chi connectivity index (χ2v) is 7.59. The molecule has 7 heteroatoms. The highest BCUT2D eigenvalue weighted by atomic mass is 35.5. The van der Waals surface area contributed by atoms with Crippen molar-refractivity contribution in [2.24, 2.45) is 0 Å². The first kappa shape index (κ1) is 18.0. The van der Waals surface area contributed by atoms with E-state index in [1.165, 1.54) is 11.3 Å². The number of halogens is 1. The van der Waals surface area contributed by atoms with Gasteiger partial charge < -0.3 is 9.80 Å². The zero-order valence-electron chi connectivity index (χ0n) is 16.1. The number of aryl methyl sites for hydroxylation is 3. The quantitative estimate of drug-likeness (QED) is 0.686. The standard InChI is InChI=1S/C20H25ClN6/c1-4-5-18-23-20-22-15(3)12-19(27(20)24-18)26-10-8-25(9-11-26)17-13-16(21)7-6-14(17)2/h6-7,12-13H,4-5,8-11H2,1-3H3. The molecule has 6 nitrogen and oxygen atoms in total. The summed E-state index contributed by atoms with van der Waals surface area (Å²) in [6.07, 6.45) is 1.91. The number of anilines is 2. The number of hydrogen-bond donors (Lipinski definition) is 0. The van der Waals surface area contributed by atoms with E-state index in [0.717, 1.165) is 61.4 Å². The Bertz CT molecular complexity index is 959. The largest absolute Gasteiger partial charge is 0.368 e. The average Bonchev–Trinajstić information content (AvgIpc) is 3.06. The fraction of sp³-hybridized carbons (Fsp3) is 0.450. The van der Waals surface area contributed by atoms with Gasteiger partial charge in [0, 0.05) is 55.1 Å². The zero-order chi connectivity index (χ0) is 19.0. The van der Waals surface area contributed by atoms with Crippen LogP contribution in [0.25, 0.3) is 5.78 Å². The summed E-state index contributed by atoms with van der Waals surface area (Å²) in [6, 6.07) is 8.21. The molecular formula is C20H25ClN6. The lowest BCUT2D eigenvalue weighted by Gasteiger charge is -2.37. The Labute approximate surface area is 164 Å². The number of hydrogen-bond acceptors (Lipinski definition) is 5. The monoisotopic (exact) mass is 384 g/mol. The molecule has 0 unspecified atom stereocenters. The topological polar surface area (TPSA) is 49.6 Å². The third-order valence-electron chi connectivity index (χ3n) is 5.05. The van der Waals surface area contributed by atoms with Gasteiger partial charge in [0.25, 0.3) is 5.78 Å². The first-order valence-electron chi connectivity index (χ1n) is 9.54. The summed E-state index contributed by atoms with van der Waals surface area (Å²) in [5.74, 6) is 2.64. The molecule has 0 N–H and O–H groups in total. The summed E-state index contributed by atoms with van der Waals surface area (Å²) in [5.41, 5.74) is 3.46. The molecule has 0 amide bonds. The van der Waals surface area contributed by atoms with Crippen molar-refractivity contribution in [2.75, 3.05) is 36.0 Å². The first-order chi connectivity index (χ1) is 13.0. The Morgan fingerprint density at radius 2 is 1.74 bits per heavy atom. The van der Waals surface area contributed by atoms with E-state index in [9.17, 15) is 0 Å². The van der Waals surface area contributed by atoms with Crippen molar-refractivity contribution >= 4 is 28.9 Å². The van der Waals surface area contributed by atoms with Gasteiger partial charge in [-0.3, -0.25) is 0 Å². The van der Waals surface area contributed by atoms with Crippen molar-refractivity contribution in [1.82, 2.24) is 19.6 Å². The average molecular weight is 385 g/mol. The van der Waals surface area contributed by atoms with Crippen LogP contribution in [0.2, 0.25) is 5.02 Å². The molecule has 0 spiro atoms. The molecule has 0 atom stereocenters. The smallest absolute Gasteiger partial charge is 0.254 e. The first-order valence-corrected chi connectivity index (χ1v) is 9.92. The summed E-state index contributed by atoms with van der Waals surface area (Å²) < 4.78 is 1.90. The van der Waals surface area contributed by atoms with Gasteiger partial charge in [-0.25, -0.2) is 4.98 Å². The maximum absolute atomic E-state index is 6.21. The zero-order valence-corrected chi connectivity index (χ0v) is 16.9. The third-order valence-corrected chi connectivity index (χ3v) is 5.29. The Kier molecular flexibility index (Phi) is 4.91. The molecule has 3 heterocycles. The van der Waals surface area contributed by atoms with E-state index in [1.54, 1.807) is 0 Å². The maximum Gasteiger partial charge on any atom is 0.254 e. The van der Waals surface area contributed by atoms with E-state index in [2.05, 4.69) is 51.8 Å². The van der Waals surface area contributed by atoms with Crippen LogP contribution >= 0.6 is 11.6 Å². The number of nitrogens with zero attached hydrogens (tertiary/aromatic N) is 6. The van der Waals surface area contributed by atoms with Gasteiger partial charge in [0.15, 0.2) is 5.82 Å². The molecule has 0 aliphatic carbocycles. The lowest BCUT2D eigenvalue weighted by molar-refractivity contribution is 0.636. The number of aromatic nitrogens is 4. The molecule has 3 aromatic rings. The molecule has 0 saturated carbocycles. The molecule has 1 fully saturated rings. The molecule has 1 saturated heterocycles. The van der Waals surface area contributed by atoms with Crippen molar-refractivity contribution in [3.63, 3.8) is 0 Å². The van der Waals surface area contributed by atoms with Crippen LogP contribution in [0.15, 0.2) is 24.3 Å². The molecule has 0 bridgehead atoms. The predicted octanol–water partition coefficient (Wildman–Crippen LogP) is 3.67. The Morgan fingerprint density at radius 3 is 2.48 bits per heavy atom. The minimum absolute atomic E-state index is 0.696. The summed E-state index contributed by atoms with van der Waals surface area (Å²) >= 11 is 6.21. The summed E-state index contributed by atoms with van der Waals surface area (Å²) in [7, 11) is 0. The molecule has 4 rings (SSSR count). The predicted molar refractivity (Wildman–Crippen MR) is 110 cm³/mol. The highest BCUT2D eigenvalue weighted by molar-refractivity contribution is 6.30. The van der Waals surface area contributed by atoms with Crippen molar-refractivity contribution in [3.05, 3.63) is 46.4 Å². The molecule has 1 aromatic carbocycles. The second-order valence-electron chi connectivity index (χ2n) is 7.15. The van der Waals surface area contributed by atoms with E-state index in [1.807, 2.05) is 17.5 Å². The van der Waals surface area contributed by atoms with Crippen LogP contribution in [0.5, 0.6) is 0 Å². The number of rotatable bonds is 4. The minimum atomic E-state index is 0.696. The van der Waals surface area contributed by atoms with Crippen LogP contribution in [0.4, 0.5) is 11.5 Å². The van der Waals surface area contributed by atoms with Crippen molar-refractivity contribution in [1.29, 1.82) is 0 Å². The Balaban J connectivity index is 1.58. The minimum Gasteiger partial charge on any atom is -0.368 e. The maximum atomic E-state index is 6.21. The normalized spacial score (nSPS) is 15.0. The highest BCUT2D eigenvalue weighted by Crippen LogP contribution is 2.27. The van der Waals surface area contributed by atoms with Crippen LogP contribution < -0.4 is 9.80 Å². The van der Waals surface area contributed by atoms with E-state index >= 15 is 0 Å². The molecule has 1 aliphatic rings. The van der Waals surface area contributed by atoms with Crippen molar-refractivity contribution in [2.45, 2.75) is 33.6 Å². The third kappa shape index (κ3) is 3.58.